The number of carboxylic acid groups (broad SMARTS) is 1. The van der Waals surface area contributed by atoms with Crippen LogP contribution in [0.15, 0.2) is 48.5 Å². The molecule has 1 saturated carbocycles. The number of carbonyl (C=O) groups is 2. The summed E-state index contributed by atoms with van der Waals surface area (Å²) in [4.78, 5) is 25.6. The molecule has 4 heteroatoms. The molecule has 1 heterocycles. The standard InChI is InChI=1S/C19H17NO3/c21-17(13-5-7-14(8-6-13)18(22)23)20-11-15-3-1-2-4-16(15)19(12-20)9-10-19/h1-8H,9-12H2,(H,22,23). The fourth-order valence-electron chi connectivity index (χ4n) is 3.55. The highest BCUT2D eigenvalue weighted by Gasteiger charge is 2.49. The molecule has 2 aromatic rings. The van der Waals surface area contributed by atoms with E-state index in [9.17, 15) is 9.59 Å². The van der Waals surface area contributed by atoms with E-state index >= 15 is 0 Å². The quantitative estimate of drug-likeness (QED) is 0.927. The highest BCUT2D eigenvalue weighted by atomic mass is 16.4. The van der Waals surface area contributed by atoms with Gasteiger partial charge in [0.05, 0.1) is 5.56 Å². The first-order valence-corrected chi connectivity index (χ1v) is 7.80. The molecule has 0 atom stereocenters. The van der Waals surface area contributed by atoms with Gasteiger partial charge in [-0.15, -0.1) is 0 Å². The van der Waals surface area contributed by atoms with Gasteiger partial charge in [0, 0.05) is 24.1 Å². The molecule has 1 N–H and O–H groups in total. The molecule has 0 aromatic heterocycles. The molecule has 1 aliphatic heterocycles. The SMILES string of the molecule is O=C(O)c1ccc(C(=O)N2Cc3ccccc3C3(CC3)C2)cc1. The van der Waals surface area contributed by atoms with Gasteiger partial charge in [-0.3, -0.25) is 4.79 Å². The number of hydrogen-bond donors (Lipinski definition) is 1. The second kappa shape index (κ2) is 4.95. The van der Waals surface area contributed by atoms with Crippen molar-refractivity contribution in [2.24, 2.45) is 0 Å². The number of hydrogen-bond acceptors (Lipinski definition) is 2. The van der Waals surface area contributed by atoms with Crippen LogP contribution >= 0.6 is 0 Å². The van der Waals surface area contributed by atoms with Crippen LogP contribution in [0.2, 0.25) is 0 Å². The summed E-state index contributed by atoms with van der Waals surface area (Å²) in [6.45, 7) is 1.38. The third-order valence-corrected chi connectivity index (χ3v) is 4.96. The lowest BCUT2D eigenvalue weighted by molar-refractivity contribution is 0.0688. The molecule has 0 unspecified atom stereocenters. The number of amides is 1. The smallest absolute Gasteiger partial charge is 0.335 e. The van der Waals surface area contributed by atoms with E-state index in [4.69, 9.17) is 5.11 Å². The fraction of sp³-hybridized carbons (Fsp3) is 0.263. The van der Waals surface area contributed by atoms with Crippen molar-refractivity contribution in [1.82, 2.24) is 4.90 Å². The summed E-state index contributed by atoms with van der Waals surface area (Å²) in [6, 6.07) is 14.6. The predicted octanol–water partition coefficient (Wildman–Crippen LogP) is 3.07. The summed E-state index contributed by atoms with van der Waals surface area (Å²) in [5.74, 6) is -1.00. The molecule has 1 aliphatic carbocycles. The van der Waals surface area contributed by atoms with Crippen molar-refractivity contribution in [3.63, 3.8) is 0 Å². The van der Waals surface area contributed by atoms with E-state index in [1.165, 1.54) is 23.3 Å². The van der Waals surface area contributed by atoms with Gasteiger partial charge < -0.3 is 10.0 Å². The zero-order valence-corrected chi connectivity index (χ0v) is 12.7. The Balaban J connectivity index is 1.62. The molecule has 116 valence electrons. The number of aromatic carboxylic acids is 1. The Hall–Kier alpha value is -2.62. The normalized spacial score (nSPS) is 17.7. The van der Waals surface area contributed by atoms with Crippen LogP contribution in [0.5, 0.6) is 0 Å². The molecule has 1 fully saturated rings. The highest BCUT2D eigenvalue weighted by molar-refractivity contribution is 5.96. The Morgan fingerprint density at radius 2 is 1.61 bits per heavy atom. The molecule has 23 heavy (non-hydrogen) atoms. The molecular formula is C19H17NO3. The first-order valence-electron chi connectivity index (χ1n) is 7.80. The number of fused-ring (bicyclic) bond motifs is 2. The van der Waals surface area contributed by atoms with Crippen molar-refractivity contribution in [1.29, 1.82) is 0 Å². The zero-order chi connectivity index (χ0) is 16.0. The van der Waals surface area contributed by atoms with Crippen molar-refractivity contribution >= 4 is 11.9 Å². The van der Waals surface area contributed by atoms with Crippen LogP contribution < -0.4 is 0 Å². The maximum absolute atomic E-state index is 12.8. The molecule has 2 aromatic carbocycles. The maximum Gasteiger partial charge on any atom is 0.335 e. The lowest BCUT2D eigenvalue weighted by Gasteiger charge is -2.35. The van der Waals surface area contributed by atoms with Crippen LogP contribution in [0.1, 0.15) is 44.7 Å². The number of nitrogens with zero attached hydrogens (tertiary/aromatic N) is 1. The van der Waals surface area contributed by atoms with Crippen molar-refractivity contribution in [3.05, 3.63) is 70.8 Å². The van der Waals surface area contributed by atoms with Crippen molar-refractivity contribution in [3.8, 4) is 0 Å². The Morgan fingerprint density at radius 3 is 2.26 bits per heavy atom. The van der Waals surface area contributed by atoms with E-state index in [2.05, 4.69) is 18.2 Å². The Kier molecular flexibility index (Phi) is 3.01. The number of carboxylic acids is 1. The third-order valence-electron chi connectivity index (χ3n) is 4.96. The molecule has 4 nitrogen and oxygen atoms in total. The largest absolute Gasteiger partial charge is 0.478 e. The van der Waals surface area contributed by atoms with Crippen LogP contribution in [0.3, 0.4) is 0 Å². The van der Waals surface area contributed by atoms with Crippen LogP contribution in [0, 0.1) is 0 Å². The lowest BCUT2D eigenvalue weighted by Crippen LogP contribution is -2.41. The van der Waals surface area contributed by atoms with Gasteiger partial charge in [0.1, 0.15) is 0 Å². The Morgan fingerprint density at radius 1 is 0.957 bits per heavy atom. The van der Waals surface area contributed by atoms with Gasteiger partial charge in [-0.1, -0.05) is 24.3 Å². The van der Waals surface area contributed by atoms with Crippen LogP contribution in [-0.4, -0.2) is 28.4 Å². The monoisotopic (exact) mass is 307 g/mol. The molecule has 2 aliphatic rings. The second-order valence-electron chi connectivity index (χ2n) is 6.48. The molecule has 1 spiro atoms. The highest BCUT2D eigenvalue weighted by Crippen LogP contribution is 2.52. The minimum Gasteiger partial charge on any atom is -0.478 e. The Labute approximate surface area is 134 Å². The van der Waals surface area contributed by atoms with E-state index in [0.29, 0.717) is 12.1 Å². The van der Waals surface area contributed by atoms with E-state index < -0.39 is 5.97 Å². The zero-order valence-electron chi connectivity index (χ0n) is 12.7. The number of rotatable bonds is 2. The molecule has 0 bridgehead atoms. The average Bonchev–Trinajstić information content (AvgIpc) is 3.34. The summed E-state index contributed by atoms with van der Waals surface area (Å²) in [5, 5.41) is 8.95. The maximum atomic E-state index is 12.8. The summed E-state index contributed by atoms with van der Waals surface area (Å²) in [7, 11) is 0. The Bertz CT molecular complexity index is 791. The summed E-state index contributed by atoms with van der Waals surface area (Å²) in [6.07, 6.45) is 2.26. The minimum atomic E-state index is -0.979. The van der Waals surface area contributed by atoms with Crippen molar-refractivity contribution in [2.75, 3.05) is 6.54 Å². The van der Waals surface area contributed by atoms with E-state index in [1.54, 1.807) is 12.1 Å². The molecule has 0 radical (unpaired) electrons. The predicted molar refractivity (Wildman–Crippen MR) is 85.5 cm³/mol. The summed E-state index contributed by atoms with van der Waals surface area (Å²) >= 11 is 0. The van der Waals surface area contributed by atoms with E-state index in [1.807, 2.05) is 11.0 Å². The number of benzene rings is 2. The summed E-state index contributed by atoms with van der Waals surface area (Å²) in [5.41, 5.74) is 3.51. The van der Waals surface area contributed by atoms with E-state index in [0.717, 1.165) is 19.4 Å². The third kappa shape index (κ3) is 2.31. The van der Waals surface area contributed by atoms with E-state index in [-0.39, 0.29) is 16.9 Å². The van der Waals surface area contributed by atoms with Crippen molar-refractivity contribution < 1.29 is 14.7 Å². The molecular weight excluding hydrogens is 290 g/mol. The molecule has 1 amide bonds. The fourth-order valence-corrected chi connectivity index (χ4v) is 3.55. The first-order chi connectivity index (χ1) is 11.1. The minimum absolute atomic E-state index is 0.0253. The average molecular weight is 307 g/mol. The van der Waals surface area contributed by atoms with Gasteiger partial charge in [0.15, 0.2) is 0 Å². The van der Waals surface area contributed by atoms with Gasteiger partial charge in [-0.05, 0) is 48.2 Å². The lowest BCUT2D eigenvalue weighted by atomic mass is 9.87. The van der Waals surface area contributed by atoms with Gasteiger partial charge in [-0.2, -0.15) is 0 Å². The van der Waals surface area contributed by atoms with Gasteiger partial charge >= 0.3 is 5.97 Å². The van der Waals surface area contributed by atoms with Crippen LogP contribution in [0.4, 0.5) is 0 Å². The molecule has 4 rings (SSSR count). The van der Waals surface area contributed by atoms with Crippen LogP contribution in [0.25, 0.3) is 0 Å². The van der Waals surface area contributed by atoms with Crippen LogP contribution in [-0.2, 0) is 12.0 Å². The van der Waals surface area contributed by atoms with Gasteiger partial charge in [-0.25, -0.2) is 4.79 Å². The number of carbonyl (C=O) groups excluding carboxylic acids is 1. The molecule has 0 saturated heterocycles. The van der Waals surface area contributed by atoms with Gasteiger partial charge in [0.2, 0.25) is 0 Å². The first kappa shape index (κ1) is 14.0. The van der Waals surface area contributed by atoms with Gasteiger partial charge in [0.25, 0.3) is 5.91 Å². The second-order valence-corrected chi connectivity index (χ2v) is 6.48. The summed E-state index contributed by atoms with van der Waals surface area (Å²) < 4.78 is 0. The van der Waals surface area contributed by atoms with Crippen molar-refractivity contribution in [2.45, 2.75) is 24.8 Å². The topological polar surface area (TPSA) is 57.6 Å².